The molecule has 0 aliphatic carbocycles. The molecule has 0 aliphatic rings. The molecule has 1 aromatic carbocycles. The van der Waals surface area contributed by atoms with E-state index in [1.165, 1.54) is 0 Å². The van der Waals surface area contributed by atoms with E-state index in [4.69, 9.17) is 23.2 Å². The normalized spacial score (nSPS) is 14.2. The van der Waals surface area contributed by atoms with Crippen LogP contribution in [0.25, 0.3) is 0 Å². The van der Waals surface area contributed by atoms with Gasteiger partial charge in [-0.1, -0.05) is 0 Å². The lowest BCUT2D eigenvalue weighted by molar-refractivity contribution is -0.137. The largest absolute Gasteiger partial charge is 0.416 e. The molecule has 1 rings (SSSR count). The summed E-state index contributed by atoms with van der Waals surface area (Å²) >= 11 is 10.6. The molecule has 1 unspecified atom stereocenters. The predicted molar refractivity (Wildman–Crippen MR) is 51.9 cm³/mol. The Balaban J connectivity index is 3.18. The average molecular weight is 277 g/mol. The van der Waals surface area contributed by atoms with Crippen LogP contribution < -0.4 is 0 Å². The average Bonchev–Trinajstić information content (AvgIpc) is 2.14. The van der Waals surface area contributed by atoms with Gasteiger partial charge < -0.3 is 5.11 Å². The summed E-state index contributed by atoms with van der Waals surface area (Å²) in [6.45, 7) is 0. The van der Waals surface area contributed by atoms with E-state index < -0.39 is 28.5 Å². The molecule has 1 nitrogen and oxygen atoms in total. The summed E-state index contributed by atoms with van der Waals surface area (Å²) in [6.07, 6.45) is -6.26. The number of rotatable bonds is 2. The highest BCUT2D eigenvalue weighted by atomic mass is 35.5. The molecule has 1 atom stereocenters. The van der Waals surface area contributed by atoms with Gasteiger partial charge in [-0.05, 0) is 23.8 Å². The number of hydrogen-bond acceptors (Lipinski definition) is 1. The van der Waals surface area contributed by atoms with Gasteiger partial charge >= 0.3 is 6.18 Å². The van der Waals surface area contributed by atoms with Gasteiger partial charge in [-0.15, -0.1) is 23.2 Å². The molecular formula is C9H6Cl2F4O. The Kier molecular flexibility index (Phi) is 4.04. The summed E-state index contributed by atoms with van der Waals surface area (Å²) < 4.78 is 49.8. The highest BCUT2D eigenvalue weighted by Gasteiger charge is 2.32. The molecule has 0 fully saturated rings. The van der Waals surface area contributed by atoms with Gasteiger partial charge in [-0.25, -0.2) is 4.39 Å². The highest BCUT2D eigenvalue weighted by molar-refractivity contribution is 6.44. The van der Waals surface area contributed by atoms with Crippen molar-refractivity contribution in [1.29, 1.82) is 0 Å². The van der Waals surface area contributed by atoms with Crippen molar-refractivity contribution in [2.75, 3.05) is 0 Å². The Morgan fingerprint density at radius 3 is 2.12 bits per heavy atom. The fourth-order valence-corrected chi connectivity index (χ4v) is 1.38. The zero-order chi connectivity index (χ0) is 12.5. The molecule has 0 saturated heterocycles. The first-order valence-electron chi connectivity index (χ1n) is 4.05. The first-order valence-corrected chi connectivity index (χ1v) is 4.93. The first-order chi connectivity index (χ1) is 7.21. The van der Waals surface area contributed by atoms with Crippen molar-refractivity contribution in [3.63, 3.8) is 0 Å². The second-order valence-electron chi connectivity index (χ2n) is 3.05. The van der Waals surface area contributed by atoms with Crippen LogP contribution >= 0.6 is 23.2 Å². The molecule has 1 aromatic rings. The first kappa shape index (κ1) is 13.5. The van der Waals surface area contributed by atoms with Crippen molar-refractivity contribution in [1.82, 2.24) is 0 Å². The molecule has 0 radical (unpaired) electrons. The maximum atomic E-state index is 12.9. The Hall–Kier alpha value is -0.520. The minimum Gasteiger partial charge on any atom is -0.386 e. The van der Waals surface area contributed by atoms with Crippen LogP contribution in [0.3, 0.4) is 0 Å². The fourth-order valence-electron chi connectivity index (χ4n) is 1.09. The molecule has 1 N–H and O–H groups in total. The second-order valence-corrected chi connectivity index (χ2v) is 4.21. The van der Waals surface area contributed by atoms with Gasteiger partial charge in [0.05, 0.1) is 5.56 Å². The van der Waals surface area contributed by atoms with Crippen LogP contribution in [0.1, 0.15) is 17.2 Å². The standard InChI is InChI=1S/C9H6Cl2F4O/c10-8(11)7(16)4-1-5(9(13,14)15)3-6(12)2-4/h1-3,7-8,16H. The van der Waals surface area contributed by atoms with Crippen molar-refractivity contribution in [3.8, 4) is 0 Å². The Morgan fingerprint density at radius 1 is 1.12 bits per heavy atom. The molecular weight excluding hydrogens is 271 g/mol. The second kappa shape index (κ2) is 4.77. The SMILES string of the molecule is OC(c1cc(F)cc(C(F)(F)F)c1)C(Cl)Cl. The van der Waals surface area contributed by atoms with Crippen molar-refractivity contribution < 1.29 is 22.7 Å². The van der Waals surface area contributed by atoms with Gasteiger partial charge in [0.15, 0.2) is 0 Å². The van der Waals surface area contributed by atoms with Gasteiger partial charge in [0.25, 0.3) is 0 Å². The molecule has 90 valence electrons. The number of alkyl halides is 5. The summed E-state index contributed by atoms with van der Waals surface area (Å²) in [4.78, 5) is -1.33. The van der Waals surface area contributed by atoms with E-state index in [1.807, 2.05) is 0 Å². The lowest BCUT2D eigenvalue weighted by atomic mass is 10.1. The monoisotopic (exact) mass is 276 g/mol. The van der Waals surface area contributed by atoms with E-state index in [9.17, 15) is 22.7 Å². The summed E-state index contributed by atoms with van der Waals surface area (Å²) in [7, 11) is 0. The Bertz CT molecular complexity index is 378. The lowest BCUT2D eigenvalue weighted by Gasteiger charge is -2.14. The zero-order valence-electron chi connectivity index (χ0n) is 7.60. The summed E-state index contributed by atoms with van der Waals surface area (Å²) in [5.41, 5.74) is -1.52. The molecule has 0 amide bonds. The minimum absolute atomic E-state index is 0.317. The van der Waals surface area contributed by atoms with Crippen molar-refractivity contribution in [2.24, 2.45) is 0 Å². The molecule has 0 saturated carbocycles. The summed E-state index contributed by atoms with van der Waals surface area (Å²) in [5.74, 6) is -1.11. The topological polar surface area (TPSA) is 20.2 Å². The number of aliphatic hydroxyl groups excluding tert-OH is 1. The zero-order valence-corrected chi connectivity index (χ0v) is 9.11. The van der Waals surface area contributed by atoms with Crippen LogP contribution in [-0.2, 0) is 6.18 Å². The van der Waals surface area contributed by atoms with Crippen LogP contribution in [0, 0.1) is 5.82 Å². The van der Waals surface area contributed by atoms with Crippen LogP contribution in [0.15, 0.2) is 18.2 Å². The summed E-state index contributed by atoms with van der Waals surface area (Å²) in [6, 6.07) is 1.68. The van der Waals surface area contributed by atoms with Crippen molar-refractivity contribution in [3.05, 3.63) is 35.1 Å². The van der Waals surface area contributed by atoms with E-state index >= 15 is 0 Å². The van der Waals surface area contributed by atoms with Crippen LogP contribution in [0.5, 0.6) is 0 Å². The van der Waals surface area contributed by atoms with Crippen molar-refractivity contribution >= 4 is 23.2 Å². The molecule has 0 bridgehead atoms. The number of hydrogen-bond donors (Lipinski definition) is 1. The smallest absolute Gasteiger partial charge is 0.386 e. The quantitative estimate of drug-likeness (QED) is 0.645. The van der Waals surface area contributed by atoms with Gasteiger partial charge in [0, 0.05) is 0 Å². The van der Waals surface area contributed by atoms with Gasteiger partial charge in [-0.2, -0.15) is 13.2 Å². The third-order valence-corrected chi connectivity index (χ3v) is 2.30. The number of halogens is 6. The lowest BCUT2D eigenvalue weighted by Crippen LogP contribution is -2.11. The molecule has 0 heterocycles. The van der Waals surface area contributed by atoms with E-state index in [0.717, 1.165) is 6.07 Å². The minimum atomic E-state index is -4.69. The predicted octanol–water partition coefficient (Wildman–Crippen LogP) is 3.68. The molecule has 0 aliphatic heterocycles. The van der Waals surface area contributed by atoms with E-state index in [2.05, 4.69) is 0 Å². The molecule has 0 aromatic heterocycles. The van der Waals surface area contributed by atoms with Crippen molar-refractivity contribution in [2.45, 2.75) is 17.1 Å². The van der Waals surface area contributed by atoms with E-state index in [1.54, 1.807) is 0 Å². The van der Waals surface area contributed by atoms with E-state index in [-0.39, 0.29) is 5.56 Å². The maximum absolute atomic E-state index is 12.9. The maximum Gasteiger partial charge on any atom is 0.416 e. The van der Waals surface area contributed by atoms with E-state index in [0.29, 0.717) is 12.1 Å². The fraction of sp³-hybridized carbons (Fsp3) is 0.333. The highest BCUT2D eigenvalue weighted by Crippen LogP contribution is 2.33. The molecule has 0 spiro atoms. The Labute approximate surface area is 98.6 Å². The third kappa shape index (κ3) is 3.23. The molecule has 7 heteroatoms. The molecule has 16 heavy (non-hydrogen) atoms. The van der Waals surface area contributed by atoms with Gasteiger partial charge in [0.1, 0.15) is 16.8 Å². The van der Waals surface area contributed by atoms with Gasteiger partial charge in [-0.3, -0.25) is 0 Å². The number of aliphatic hydroxyl groups is 1. The summed E-state index contributed by atoms with van der Waals surface area (Å²) in [5, 5.41) is 9.31. The van der Waals surface area contributed by atoms with Crippen LogP contribution in [0.2, 0.25) is 0 Å². The van der Waals surface area contributed by atoms with Crippen LogP contribution in [0.4, 0.5) is 17.6 Å². The van der Waals surface area contributed by atoms with Crippen LogP contribution in [-0.4, -0.2) is 9.94 Å². The van der Waals surface area contributed by atoms with Gasteiger partial charge in [0.2, 0.25) is 0 Å². The Morgan fingerprint density at radius 2 is 1.69 bits per heavy atom. The third-order valence-electron chi connectivity index (χ3n) is 1.83. The number of benzene rings is 1.